The van der Waals surface area contributed by atoms with Crippen LogP contribution in [0.3, 0.4) is 0 Å². The molecule has 0 aromatic heterocycles. The molecule has 0 bridgehead atoms. The maximum absolute atomic E-state index is 4.54. The molecule has 2 rings (SSSR count). The highest BCUT2D eigenvalue weighted by Gasteiger charge is 2.17. The Bertz CT molecular complexity index is 394. The molecule has 0 amide bonds. The molecule has 1 aromatic carbocycles. The lowest BCUT2D eigenvalue weighted by Crippen LogP contribution is -2.10. The van der Waals surface area contributed by atoms with Gasteiger partial charge in [-0.15, -0.1) is 0 Å². The summed E-state index contributed by atoms with van der Waals surface area (Å²) < 4.78 is 0. The minimum absolute atomic E-state index is 0.223. The van der Waals surface area contributed by atoms with Gasteiger partial charge in [-0.3, -0.25) is 4.99 Å². The normalized spacial score (nSPS) is 15.3. The summed E-state index contributed by atoms with van der Waals surface area (Å²) in [4.78, 5) is 4.54. The Morgan fingerprint density at radius 3 is 2.57 bits per heavy atom. The van der Waals surface area contributed by atoms with Crippen LogP contribution in [-0.2, 0) is 11.8 Å². The summed E-state index contributed by atoms with van der Waals surface area (Å²) in [6, 6.07) is 6.68. The van der Waals surface area contributed by atoms with Crippen LogP contribution in [0.1, 0.15) is 38.8 Å². The zero-order valence-electron chi connectivity index (χ0n) is 9.39. The fourth-order valence-corrected chi connectivity index (χ4v) is 1.80. The molecule has 0 N–H and O–H groups in total. The molecule has 1 nitrogen and oxygen atoms in total. The van der Waals surface area contributed by atoms with E-state index < -0.39 is 0 Å². The van der Waals surface area contributed by atoms with Gasteiger partial charge in [0, 0.05) is 12.1 Å². The van der Waals surface area contributed by atoms with Gasteiger partial charge in [0.25, 0.3) is 0 Å². The van der Waals surface area contributed by atoms with E-state index in [0.717, 1.165) is 6.42 Å². The Kier molecular flexibility index (Phi) is 1.99. The first-order valence-electron chi connectivity index (χ1n) is 5.14. The summed E-state index contributed by atoms with van der Waals surface area (Å²) in [6.07, 6.45) is 1.03. The molecule has 0 spiro atoms. The number of hydrogen-bond donors (Lipinski definition) is 0. The Hall–Kier alpha value is -1.11. The quantitative estimate of drug-likeness (QED) is 0.588. The van der Waals surface area contributed by atoms with Crippen molar-refractivity contribution in [3.8, 4) is 0 Å². The van der Waals surface area contributed by atoms with Crippen molar-refractivity contribution in [2.24, 2.45) is 4.99 Å². The van der Waals surface area contributed by atoms with Gasteiger partial charge < -0.3 is 0 Å². The minimum Gasteiger partial charge on any atom is -0.257 e. The number of rotatable bonds is 0. The van der Waals surface area contributed by atoms with Gasteiger partial charge >= 0.3 is 0 Å². The molecule has 0 saturated heterocycles. The number of aliphatic imine (C=N–C) groups is 1. The van der Waals surface area contributed by atoms with Gasteiger partial charge in [0.15, 0.2) is 0 Å². The molecule has 0 aliphatic carbocycles. The zero-order valence-corrected chi connectivity index (χ0v) is 9.39. The minimum atomic E-state index is 0.223. The van der Waals surface area contributed by atoms with Crippen molar-refractivity contribution in [3.63, 3.8) is 0 Å². The Morgan fingerprint density at radius 2 is 1.93 bits per heavy atom. The van der Waals surface area contributed by atoms with Crippen molar-refractivity contribution in [2.45, 2.75) is 39.5 Å². The van der Waals surface area contributed by atoms with E-state index in [2.05, 4.69) is 50.9 Å². The molecule has 1 aliphatic heterocycles. The summed E-state index contributed by atoms with van der Waals surface area (Å²) >= 11 is 0. The second kappa shape index (κ2) is 2.94. The molecule has 74 valence electrons. The van der Waals surface area contributed by atoms with Crippen LogP contribution in [0.2, 0.25) is 0 Å². The van der Waals surface area contributed by atoms with Crippen LogP contribution in [0.4, 0.5) is 5.69 Å². The smallest absolute Gasteiger partial charge is 0.0667 e. The third-order valence-electron chi connectivity index (χ3n) is 2.71. The van der Waals surface area contributed by atoms with Gasteiger partial charge in [-0.05, 0) is 29.5 Å². The van der Waals surface area contributed by atoms with Crippen molar-refractivity contribution in [2.75, 3.05) is 0 Å². The fraction of sp³-hybridized carbons (Fsp3) is 0.462. The van der Waals surface area contributed by atoms with Crippen LogP contribution in [0, 0.1) is 0 Å². The lowest BCUT2D eigenvalue weighted by Gasteiger charge is -2.19. The SMILES string of the molecule is CC1=Nc2cc(C(C)(C)C)ccc2C1. The summed E-state index contributed by atoms with van der Waals surface area (Å²) in [7, 11) is 0. The molecule has 14 heavy (non-hydrogen) atoms. The first-order valence-corrected chi connectivity index (χ1v) is 5.14. The summed E-state index contributed by atoms with van der Waals surface area (Å²) in [5.41, 5.74) is 5.37. The van der Waals surface area contributed by atoms with Crippen molar-refractivity contribution in [3.05, 3.63) is 29.3 Å². The predicted molar refractivity (Wildman–Crippen MR) is 61.6 cm³/mol. The van der Waals surface area contributed by atoms with Crippen molar-refractivity contribution in [1.82, 2.24) is 0 Å². The van der Waals surface area contributed by atoms with E-state index in [-0.39, 0.29) is 5.41 Å². The highest BCUT2D eigenvalue weighted by Crippen LogP contribution is 2.32. The average Bonchev–Trinajstić information content (AvgIpc) is 2.41. The number of hydrogen-bond acceptors (Lipinski definition) is 1. The van der Waals surface area contributed by atoms with Crippen LogP contribution < -0.4 is 0 Å². The van der Waals surface area contributed by atoms with E-state index in [1.54, 1.807) is 0 Å². The van der Waals surface area contributed by atoms with Crippen molar-refractivity contribution >= 4 is 11.4 Å². The van der Waals surface area contributed by atoms with Crippen LogP contribution in [0.5, 0.6) is 0 Å². The number of fused-ring (bicyclic) bond motifs is 1. The maximum Gasteiger partial charge on any atom is 0.0667 e. The van der Waals surface area contributed by atoms with Crippen LogP contribution in [-0.4, -0.2) is 5.71 Å². The topological polar surface area (TPSA) is 12.4 Å². The van der Waals surface area contributed by atoms with Gasteiger partial charge in [0.2, 0.25) is 0 Å². The summed E-state index contributed by atoms with van der Waals surface area (Å²) in [5.74, 6) is 0. The van der Waals surface area contributed by atoms with Crippen molar-refractivity contribution < 1.29 is 0 Å². The van der Waals surface area contributed by atoms with Crippen LogP contribution >= 0.6 is 0 Å². The van der Waals surface area contributed by atoms with Crippen LogP contribution in [0.15, 0.2) is 23.2 Å². The lowest BCUT2D eigenvalue weighted by atomic mass is 9.86. The third-order valence-corrected chi connectivity index (χ3v) is 2.71. The van der Waals surface area contributed by atoms with Crippen LogP contribution in [0.25, 0.3) is 0 Å². The second-order valence-corrected chi connectivity index (χ2v) is 5.12. The molecule has 1 aliphatic rings. The van der Waals surface area contributed by atoms with E-state index in [0.29, 0.717) is 0 Å². The third kappa shape index (κ3) is 1.59. The van der Waals surface area contributed by atoms with Gasteiger partial charge in [-0.1, -0.05) is 32.9 Å². The summed E-state index contributed by atoms with van der Waals surface area (Å²) in [5, 5.41) is 0. The molecule has 1 heterocycles. The largest absolute Gasteiger partial charge is 0.257 e. The van der Waals surface area contributed by atoms with Gasteiger partial charge in [-0.25, -0.2) is 0 Å². The standard InChI is InChI=1S/C13H17N/c1-9-7-10-5-6-11(13(2,3)4)8-12(10)14-9/h5-6,8H,7H2,1-4H3. The maximum atomic E-state index is 4.54. The molecule has 0 radical (unpaired) electrons. The first kappa shape index (κ1) is 9.45. The fourth-order valence-electron chi connectivity index (χ4n) is 1.80. The van der Waals surface area contributed by atoms with Gasteiger partial charge in [0.05, 0.1) is 5.69 Å². The molecule has 0 fully saturated rings. The van der Waals surface area contributed by atoms with Gasteiger partial charge in [0.1, 0.15) is 0 Å². The first-order chi connectivity index (χ1) is 6.47. The molecule has 0 atom stereocenters. The highest BCUT2D eigenvalue weighted by molar-refractivity contribution is 5.92. The summed E-state index contributed by atoms with van der Waals surface area (Å²) in [6.45, 7) is 8.80. The Labute approximate surface area is 85.9 Å². The Balaban J connectivity index is 2.46. The van der Waals surface area contributed by atoms with Gasteiger partial charge in [-0.2, -0.15) is 0 Å². The number of benzene rings is 1. The molecular formula is C13H17N. The van der Waals surface area contributed by atoms with E-state index >= 15 is 0 Å². The lowest BCUT2D eigenvalue weighted by molar-refractivity contribution is 0.590. The predicted octanol–water partition coefficient (Wildman–Crippen LogP) is 3.63. The average molecular weight is 187 g/mol. The number of nitrogens with zero attached hydrogens (tertiary/aromatic N) is 1. The second-order valence-electron chi connectivity index (χ2n) is 5.12. The molecule has 0 saturated carbocycles. The zero-order chi connectivity index (χ0) is 10.3. The molecule has 1 aromatic rings. The van der Waals surface area contributed by atoms with E-state index in [4.69, 9.17) is 0 Å². The van der Waals surface area contributed by atoms with E-state index in [9.17, 15) is 0 Å². The monoisotopic (exact) mass is 187 g/mol. The highest BCUT2D eigenvalue weighted by atomic mass is 14.8. The van der Waals surface area contributed by atoms with Crippen molar-refractivity contribution in [1.29, 1.82) is 0 Å². The molecule has 1 heteroatoms. The molecule has 0 unspecified atom stereocenters. The van der Waals surface area contributed by atoms with E-state index in [1.807, 2.05) is 0 Å². The van der Waals surface area contributed by atoms with E-state index in [1.165, 1.54) is 22.5 Å². The Morgan fingerprint density at radius 1 is 1.21 bits per heavy atom. The molecular weight excluding hydrogens is 170 g/mol.